The van der Waals surface area contributed by atoms with Crippen LogP contribution in [0.3, 0.4) is 0 Å². The number of nitrogens with one attached hydrogen (secondary N) is 1. The quantitative estimate of drug-likeness (QED) is 0.402. The van der Waals surface area contributed by atoms with E-state index in [9.17, 15) is 14.4 Å². The standard InChI is InChI=1S/C26H27N5O5/c1-2-29-17-28-24-23(29)25(33)31(26(34)30(24)15-19-6-4-3-5-7-19)16-22(32)27-11-10-18-8-9-20-21(14-18)36-13-12-35-20/h3-9,14,17H,2,10-13,15-16H2,1H3,(H,27,32). The lowest BCUT2D eigenvalue weighted by Crippen LogP contribution is -2.44. The van der Waals surface area contributed by atoms with E-state index >= 15 is 0 Å². The van der Waals surface area contributed by atoms with E-state index in [-0.39, 0.29) is 13.1 Å². The number of aromatic nitrogens is 4. The third-order valence-corrected chi connectivity index (χ3v) is 6.15. The Morgan fingerprint density at radius 3 is 2.56 bits per heavy atom. The van der Waals surface area contributed by atoms with Gasteiger partial charge in [0.1, 0.15) is 19.8 Å². The van der Waals surface area contributed by atoms with Crippen LogP contribution in [-0.2, 0) is 30.8 Å². The summed E-state index contributed by atoms with van der Waals surface area (Å²) in [7, 11) is 0. The van der Waals surface area contributed by atoms with Gasteiger partial charge in [0.2, 0.25) is 5.91 Å². The summed E-state index contributed by atoms with van der Waals surface area (Å²) >= 11 is 0. The Kier molecular flexibility index (Phi) is 6.57. The van der Waals surface area contributed by atoms with Gasteiger partial charge in [-0.15, -0.1) is 0 Å². The van der Waals surface area contributed by atoms with Crippen molar-refractivity contribution in [3.05, 3.63) is 86.8 Å². The molecule has 5 rings (SSSR count). The van der Waals surface area contributed by atoms with E-state index in [4.69, 9.17) is 9.47 Å². The third kappa shape index (κ3) is 4.61. The lowest BCUT2D eigenvalue weighted by atomic mass is 10.1. The molecule has 186 valence electrons. The average molecular weight is 490 g/mol. The number of imidazole rings is 1. The van der Waals surface area contributed by atoms with Crippen molar-refractivity contribution < 1.29 is 14.3 Å². The predicted octanol–water partition coefficient (Wildman–Crippen LogP) is 1.56. The number of carbonyl (C=O) groups excluding carboxylic acids is 1. The zero-order valence-electron chi connectivity index (χ0n) is 20.0. The Hall–Kier alpha value is -4.34. The molecular formula is C26H27N5O5. The molecule has 10 nitrogen and oxygen atoms in total. The molecule has 0 spiro atoms. The molecule has 0 saturated heterocycles. The maximum Gasteiger partial charge on any atom is 0.333 e. The van der Waals surface area contributed by atoms with Crippen LogP contribution < -0.4 is 26.0 Å². The number of hydrogen-bond donors (Lipinski definition) is 1. The van der Waals surface area contributed by atoms with Gasteiger partial charge in [-0.05, 0) is 36.6 Å². The molecule has 1 amide bonds. The fraction of sp³-hybridized carbons (Fsp3) is 0.308. The second kappa shape index (κ2) is 10.1. The van der Waals surface area contributed by atoms with Gasteiger partial charge < -0.3 is 19.4 Å². The number of ether oxygens (including phenoxy) is 2. The van der Waals surface area contributed by atoms with Crippen LogP contribution in [-0.4, -0.2) is 44.4 Å². The highest BCUT2D eigenvalue weighted by atomic mass is 16.6. The molecule has 0 radical (unpaired) electrons. The van der Waals surface area contributed by atoms with Crippen LogP contribution in [0.15, 0.2) is 64.4 Å². The van der Waals surface area contributed by atoms with Crippen LogP contribution in [0.5, 0.6) is 11.5 Å². The first-order valence-corrected chi connectivity index (χ1v) is 11.9. The van der Waals surface area contributed by atoms with Crippen molar-refractivity contribution in [1.82, 2.24) is 24.0 Å². The molecule has 0 atom stereocenters. The largest absolute Gasteiger partial charge is 0.486 e. The Balaban J connectivity index is 1.36. The van der Waals surface area contributed by atoms with E-state index in [1.54, 1.807) is 10.9 Å². The fourth-order valence-electron chi connectivity index (χ4n) is 4.32. The Labute approximate surface area is 206 Å². The molecule has 4 aromatic rings. The number of amides is 1. The number of rotatable bonds is 8. The summed E-state index contributed by atoms with van der Waals surface area (Å²) in [4.78, 5) is 43.7. The van der Waals surface area contributed by atoms with E-state index in [1.165, 1.54) is 4.57 Å². The molecule has 1 N–H and O–H groups in total. The van der Waals surface area contributed by atoms with Crippen molar-refractivity contribution >= 4 is 17.1 Å². The van der Waals surface area contributed by atoms with Gasteiger partial charge in [-0.3, -0.25) is 14.2 Å². The summed E-state index contributed by atoms with van der Waals surface area (Å²) < 4.78 is 15.3. The highest BCUT2D eigenvalue weighted by Gasteiger charge is 2.19. The molecule has 0 fully saturated rings. The molecule has 2 aromatic heterocycles. The highest BCUT2D eigenvalue weighted by Crippen LogP contribution is 2.30. The fourth-order valence-corrected chi connectivity index (χ4v) is 4.32. The Morgan fingerprint density at radius 1 is 1.00 bits per heavy atom. The molecule has 36 heavy (non-hydrogen) atoms. The zero-order chi connectivity index (χ0) is 25.1. The van der Waals surface area contributed by atoms with Gasteiger partial charge >= 0.3 is 5.69 Å². The van der Waals surface area contributed by atoms with Crippen LogP contribution in [0.2, 0.25) is 0 Å². The van der Waals surface area contributed by atoms with Crippen LogP contribution >= 0.6 is 0 Å². The summed E-state index contributed by atoms with van der Waals surface area (Å²) in [6.07, 6.45) is 2.11. The van der Waals surface area contributed by atoms with Crippen molar-refractivity contribution in [2.75, 3.05) is 19.8 Å². The van der Waals surface area contributed by atoms with Gasteiger partial charge in [0.15, 0.2) is 22.7 Å². The molecule has 1 aliphatic rings. The summed E-state index contributed by atoms with van der Waals surface area (Å²) in [6.45, 7) is 3.64. The molecule has 2 aromatic carbocycles. The molecule has 0 saturated carbocycles. The maximum absolute atomic E-state index is 13.3. The van der Waals surface area contributed by atoms with Crippen molar-refractivity contribution in [3.8, 4) is 11.5 Å². The van der Waals surface area contributed by atoms with Crippen molar-refractivity contribution in [2.24, 2.45) is 0 Å². The maximum atomic E-state index is 13.3. The molecule has 10 heteroatoms. The predicted molar refractivity (Wildman–Crippen MR) is 134 cm³/mol. The van der Waals surface area contributed by atoms with E-state index in [0.29, 0.717) is 55.4 Å². The van der Waals surface area contributed by atoms with Crippen LogP contribution in [0, 0.1) is 0 Å². The zero-order valence-corrected chi connectivity index (χ0v) is 20.0. The van der Waals surface area contributed by atoms with Gasteiger partial charge in [0, 0.05) is 13.1 Å². The van der Waals surface area contributed by atoms with Gasteiger partial charge in [-0.1, -0.05) is 36.4 Å². The van der Waals surface area contributed by atoms with Crippen LogP contribution in [0.25, 0.3) is 11.2 Å². The third-order valence-electron chi connectivity index (χ3n) is 6.15. The van der Waals surface area contributed by atoms with Crippen molar-refractivity contribution in [1.29, 1.82) is 0 Å². The van der Waals surface area contributed by atoms with Gasteiger partial charge in [0.05, 0.1) is 12.9 Å². The minimum absolute atomic E-state index is 0.239. The molecule has 0 unspecified atom stereocenters. The van der Waals surface area contributed by atoms with Gasteiger partial charge in [0.25, 0.3) is 5.56 Å². The summed E-state index contributed by atoms with van der Waals surface area (Å²) in [5.41, 5.74) is 1.39. The van der Waals surface area contributed by atoms with Gasteiger partial charge in [-0.25, -0.2) is 14.3 Å². The lowest BCUT2D eigenvalue weighted by Gasteiger charge is -2.18. The number of hydrogen-bond acceptors (Lipinski definition) is 6. The van der Waals surface area contributed by atoms with E-state index in [1.807, 2.05) is 55.5 Å². The Morgan fingerprint density at radius 2 is 1.78 bits per heavy atom. The molecule has 0 aliphatic carbocycles. The van der Waals surface area contributed by atoms with E-state index < -0.39 is 17.2 Å². The summed E-state index contributed by atoms with van der Waals surface area (Å²) in [6, 6.07) is 15.1. The smallest absolute Gasteiger partial charge is 0.333 e. The normalized spacial score (nSPS) is 12.6. The minimum atomic E-state index is -0.570. The lowest BCUT2D eigenvalue weighted by molar-refractivity contribution is -0.121. The first kappa shape index (κ1) is 23.4. The minimum Gasteiger partial charge on any atom is -0.486 e. The molecule has 3 heterocycles. The second-order valence-electron chi connectivity index (χ2n) is 8.53. The average Bonchev–Trinajstić information content (AvgIpc) is 3.34. The first-order chi connectivity index (χ1) is 17.5. The highest BCUT2D eigenvalue weighted by molar-refractivity contribution is 5.76. The van der Waals surface area contributed by atoms with Gasteiger partial charge in [-0.2, -0.15) is 0 Å². The number of carbonyl (C=O) groups is 1. The van der Waals surface area contributed by atoms with Crippen molar-refractivity contribution in [3.63, 3.8) is 0 Å². The van der Waals surface area contributed by atoms with E-state index in [0.717, 1.165) is 15.7 Å². The SMILES string of the molecule is CCn1cnc2c1c(=O)n(CC(=O)NCCc1ccc3c(c1)OCCO3)c(=O)n2Cc1ccccc1. The monoisotopic (exact) mass is 489 g/mol. The summed E-state index contributed by atoms with van der Waals surface area (Å²) in [5.74, 6) is 0.984. The van der Waals surface area contributed by atoms with Crippen molar-refractivity contribution in [2.45, 2.75) is 33.0 Å². The van der Waals surface area contributed by atoms with Crippen LogP contribution in [0.4, 0.5) is 0 Å². The number of aryl methyl sites for hydroxylation is 1. The first-order valence-electron chi connectivity index (χ1n) is 11.9. The summed E-state index contributed by atoms with van der Waals surface area (Å²) in [5, 5.41) is 2.81. The number of nitrogens with zero attached hydrogens (tertiary/aromatic N) is 4. The van der Waals surface area contributed by atoms with Crippen LogP contribution in [0.1, 0.15) is 18.1 Å². The molecule has 0 bridgehead atoms. The molecular weight excluding hydrogens is 462 g/mol. The molecule has 1 aliphatic heterocycles. The van der Waals surface area contributed by atoms with E-state index in [2.05, 4.69) is 10.3 Å². The number of benzene rings is 2. The number of fused-ring (bicyclic) bond motifs is 2. The second-order valence-corrected chi connectivity index (χ2v) is 8.53. The Bertz CT molecular complexity index is 1520. The topological polar surface area (TPSA) is 109 Å².